The van der Waals surface area contributed by atoms with Gasteiger partial charge in [-0.3, -0.25) is 4.79 Å². The Bertz CT molecular complexity index is 512. The highest BCUT2D eigenvalue weighted by Gasteiger charge is 2.37. The van der Waals surface area contributed by atoms with Crippen LogP contribution in [0.3, 0.4) is 0 Å². The van der Waals surface area contributed by atoms with Crippen LogP contribution < -0.4 is 4.74 Å². The second kappa shape index (κ2) is 5.11. The van der Waals surface area contributed by atoms with Crippen LogP contribution in [0.15, 0.2) is 6.07 Å². The summed E-state index contributed by atoms with van der Waals surface area (Å²) < 4.78 is 45.3. The van der Waals surface area contributed by atoms with Crippen LogP contribution in [0.2, 0.25) is 0 Å². The van der Waals surface area contributed by atoms with Gasteiger partial charge in [-0.05, 0) is 30.4 Å². The van der Waals surface area contributed by atoms with E-state index >= 15 is 0 Å². The summed E-state index contributed by atoms with van der Waals surface area (Å²) >= 11 is 0. The Morgan fingerprint density at radius 3 is 2.53 bits per heavy atom. The van der Waals surface area contributed by atoms with Crippen molar-refractivity contribution in [2.45, 2.75) is 25.2 Å². The average molecular weight is 274 g/mol. The third-order valence-electron chi connectivity index (χ3n) is 3.33. The summed E-state index contributed by atoms with van der Waals surface area (Å²) in [5.41, 5.74) is -0.124. The number of benzene rings is 1. The van der Waals surface area contributed by atoms with Crippen LogP contribution in [-0.4, -0.2) is 18.2 Å². The van der Waals surface area contributed by atoms with Crippen molar-refractivity contribution >= 4 is 5.97 Å². The second-order valence-electron chi connectivity index (χ2n) is 4.65. The van der Waals surface area contributed by atoms with Gasteiger partial charge < -0.3 is 9.84 Å². The number of carbonyl (C=O) groups is 1. The Hall–Kier alpha value is -1.72. The smallest absolute Gasteiger partial charge is 0.303 e. The first-order chi connectivity index (χ1) is 8.95. The van der Waals surface area contributed by atoms with E-state index in [1.165, 1.54) is 0 Å². The van der Waals surface area contributed by atoms with E-state index in [2.05, 4.69) is 4.74 Å². The monoisotopic (exact) mass is 274 g/mol. The Labute approximate surface area is 108 Å². The van der Waals surface area contributed by atoms with Gasteiger partial charge in [-0.15, -0.1) is 0 Å². The fraction of sp³-hybridized carbons (Fsp3) is 0.462. The lowest BCUT2D eigenvalue weighted by Gasteiger charge is -2.17. The first kappa shape index (κ1) is 13.7. The van der Waals surface area contributed by atoms with E-state index in [0.29, 0.717) is 0 Å². The Balaban J connectivity index is 2.47. The molecule has 19 heavy (non-hydrogen) atoms. The number of ether oxygens (including phenoxy) is 1. The van der Waals surface area contributed by atoms with Gasteiger partial charge in [0.1, 0.15) is 0 Å². The minimum absolute atomic E-state index is 0.000155. The van der Waals surface area contributed by atoms with Crippen molar-refractivity contribution in [3.05, 3.63) is 29.1 Å². The first-order valence-electron chi connectivity index (χ1n) is 5.88. The molecule has 1 aromatic carbocycles. The number of carboxylic acids is 1. The Morgan fingerprint density at radius 1 is 1.42 bits per heavy atom. The second-order valence-corrected chi connectivity index (χ2v) is 4.65. The maximum atomic E-state index is 14.1. The van der Waals surface area contributed by atoms with Crippen molar-refractivity contribution in [1.82, 2.24) is 0 Å². The number of aliphatic carboxylic acids is 1. The van der Waals surface area contributed by atoms with Gasteiger partial charge in [0.25, 0.3) is 0 Å². The molecular formula is C13H13F3O3. The van der Waals surface area contributed by atoms with Gasteiger partial charge in [0.05, 0.1) is 13.5 Å². The Morgan fingerprint density at radius 2 is 2.05 bits per heavy atom. The third-order valence-corrected chi connectivity index (χ3v) is 3.33. The van der Waals surface area contributed by atoms with E-state index in [-0.39, 0.29) is 17.9 Å². The summed E-state index contributed by atoms with van der Waals surface area (Å²) in [6.07, 6.45) is 1.22. The molecule has 0 heterocycles. The number of halogens is 3. The quantitative estimate of drug-likeness (QED) is 0.839. The molecule has 0 spiro atoms. The van der Waals surface area contributed by atoms with Crippen molar-refractivity contribution in [3.8, 4) is 5.75 Å². The van der Waals surface area contributed by atoms with Gasteiger partial charge in [0.15, 0.2) is 17.4 Å². The molecule has 1 N–H and O–H groups in total. The van der Waals surface area contributed by atoms with Gasteiger partial charge in [-0.25, -0.2) is 8.78 Å². The molecule has 1 saturated carbocycles. The molecule has 1 fully saturated rings. The minimum Gasteiger partial charge on any atom is -0.491 e. The standard InChI is InChI=1S/C13H13F3O3/c1-19-13-11(15)8(4-9(14)12(13)16)7(5-10(17)18)6-2-3-6/h4,6-7H,2-3,5H2,1H3,(H,17,18). The highest BCUT2D eigenvalue weighted by Crippen LogP contribution is 2.46. The molecule has 0 saturated heterocycles. The van der Waals surface area contributed by atoms with E-state index in [9.17, 15) is 18.0 Å². The molecular weight excluding hydrogens is 261 g/mol. The lowest BCUT2D eigenvalue weighted by Crippen LogP contribution is -2.12. The largest absolute Gasteiger partial charge is 0.491 e. The summed E-state index contributed by atoms with van der Waals surface area (Å²) in [5.74, 6) is -6.19. The highest BCUT2D eigenvalue weighted by molar-refractivity contribution is 5.68. The lowest BCUT2D eigenvalue weighted by molar-refractivity contribution is -0.137. The fourth-order valence-corrected chi connectivity index (χ4v) is 2.27. The fourth-order valence-electron chi connectivity index (χ4n) is 2.27. The molecule has 1 aliphatic carbocycles. The molecule has 0 aromatic heterocycles. The number of rotatable bonds is 5. The molecule has 2 rings (SSSR count). The van der Waals surface area contributed by atoms with Crippen molar-refractivity contribution < 1.29 is 27.8 Å². The third kappa shape index (κ3) is 2.67. The van der Waals surface area contributed by atoms with Crippen LogP contribution in [0, 0.1) is 23.4 Å². The summed E-state index contributed by atoms with van der Waals surface area (Å²) in [5, 5.41) is 8.84. The molecule has 1 atom stereocenters. The van der Waals surface area contributed by atoms with Crippen LogP contribution in [-0.2, 0) is 4.79 Å². The van der Waals surface area contributed by atoms with Crippen LogP contribution in [0.4, 0.5) is 13.2 Å². The van der Waals surface area contributed by atoms with Gasteiger partial charge >= 0.3 is 5.97 Å². The van der Waals surface area contributed by atoms with Gasteiger partial charge in [-0.2, -0.15) is 4.39 Å². The first-order valence-corrected chi connectivity index (χ1v) is 5.88. The molecule has 1 aliphatic rings. The summed E-state index contributed by atoms with van der Waals surface area (Å²) in [6, 6.07) is 0.735. The zero-order valence-corrected chi connectivity index (χ0v) is 10.3. The SMILES string of the molecule is COc1c(F)c(F)cc(C(CC(=O)O)C2CC2)c1F. The summed E-state index contributed by atoms with van der Waals surface area (Å²) in [6.45, 7) is 0. The predicted octanol–water partition coefficient (Wildman–Crippen LogP) is 3.08. The van der Waals surface area contributed by atoms with Crippen LogP contribution in [0.1, 0.15) is 30.7 Å². The van der Waals surface area contributed by atoms with Crippen LogP contribution in [0.25, 0.3) is 0 Å². The maximum absolute atomic E-state index is 14.1. The molecule has 6 heteroatoms. The molecule has 0 aliphatic heterocycles. The van der Waals surface area contributed by atoms with Crippen molar-refractivity contribution in [1.29, 1.82) is 0 Å². The van der Waals surface area contributed by atoms with E-state index in [1.54, 1.807) is 0 Å². The van der Waals surface area contributed by atoms with Crippen LogP contribution >= 0.6 is 0 Å². The van der Waals surface area contributed by atoms with Crippen LogP contribution in [0.5, 0.6) is 5.75 Å². The average Bonchev–Trinajstić information content (AvgIpc) is 3.16. The molecule has 1 unspecified atom stereocenters. The van der Waals surface area contributed by atoms with Crippen molar-refractivity contribution in [2.24, 2.45) is 5.92 Å². The normalized spacial score (nSPS) is 16.2. The van der Waals surface area contributed by atoms with Gasteiger partial charge in [0, 0.05) is 5.92 Å². The van der Waals surface area contributed by atoms with E-state index in [1.807, 2.05) is 0 Å². The van der Waals surface area contributed by atoms with E-state index in [0.717, 1.165) is 26.0 Å². The molecule has 104 valence electrons. The molecule has 0 bridgehead atoms. The number of methoxy groups -OCH3 is 1. The molecule has 3 nitrogen and oxygen atoms in total. The topological polar surface area (TPSA) is 46.5 Å². The molecule has 1 aromatic rings. The minimum atomic E-state index is -1.39. The van der Waals surface area contributed by atoms with Gasteiger partial charge in [-0.1, -0.05) is 0 Å². The summed E-state index contributed by atoms with van der Waals surface area (Å²) in [4.78, 5) is 10.8. The molecule has 0 radical (unpaired) electrons. The van der Waals surface area contributed by atoms with Crippen molar-refractivity contribution in [2.75, 3.05) is 7.11 Å². The highest BCUT2D eigenvalue weighted by atomic mass is 19.2. The summed E-state index contributed by atoms with van der Waals surface area (Å²) in [7, 11) is 1.04. The predicted molar refractivity (Wildman–Crippen MR) is 60.6 cm³/mol. The number of hydrogen-bond acceptors (Lipinski definition) is 2. The Kier molecular flexibility index (Phi) is 3.68. The maximum Gasteiger partial charge on any atom is 0.303 e. The van der Waals surface area contributed by atoms with Crippen molar-refractivity contribution in [3.63, 3.8) is 0 Å². The van der Waals surface area contributed by atoms with E-state index < -0.39 is 35.1 Å². The molecule has 0 amide bonds. The van der Waals surface area contributed by atoms with Gasteiger partial charge in [0.2, 0.25) is 5.82 Å². The zero-order valence-electron chi connectivity index (χ0n) is 10.3. The lowest BCUT2D eigenvalue weighted by atomic mass is 9.90. The van der Waals surface area contributed by atoms with E-state index in [4.69, 9.17) is 5.11 Å². The zero-order chi connectivity index (χ0) is 14.2. The number of hydrogen-bond donors (Lipinski definition) is 1. The number of carboxylic acid groups (broad SMARTS) is 1.